The zero-order valence-electron chi connectivity index (χ0n) is 57.6. The standard InChI is InChI=1S/C75H91N9O15/c1-48(2)41-59-71(92)81(5)38-14-13-26-66(88)98-47-75(3,4)68(89)73(94)84-39-15-12-24-58(84)74(95)99-60(33-29-50-30-34-61(96-7)62(43-50)97-8)53-22-16-23-55(45-53)78-63(85)35-36-64(86)80-67(52-20-10-9-11-21-52)69(90)79-56(70(91)83-40-18-25-57(83)72(93)82(59)6)42-49-27-31-54(32-28-49)77-65(87)44-51-19-17-37-76-46-51/h9-11,13,16-17,19-23,26-28,30-32,34,37,43,45-46,48,56-60,67H,12,14-15,18,24-25,29,33,35-36,38-42,44,47H2,1-8H3,(H,77,87)(H,78,85)(H,79,90)(H,80,86)/t56-,57+,58-,59-,60+,67-/m0/s1. The highest BCUT2D eigenvalue weighted by atomic mass is 16.5. The highest BCUT2D eigenvalue weighted by Crippen LogP contribution is 2.34. The fourth-order valence-electron chi connectivity index (χ4n) is 12.4. The van der Waals surface area contributed by atoms with Crippen LogP contribution in [0.25, 0.3) is 0 Å². The Bertz CT molecular complexity index is 3730. The van der Waals surface area contributed by atoms with E-state index in [1.165, 1.54) is 66.9 Å². The molecule has 8 amide bonds. The fraction of sp³-hybridized carbons (Fsp3) is 0.440. The van der Waals surface area contributed by atoms with Gasteiger partial charge in [-0.3, -0.25) is 48.1 Å². The molecule has 2 saturated heterocycles. The molecule has 0 saturated carbocycles. The number of methoxy groups -OCH3 is 2. The lowest BCUT2D eigenvalue weighted by Gasteiger charge is -2.36. The molecule has 2 fully saturated rings. The van der Waals surface area contributed by atoms with E-state index in [2.05, 4.69) is 26.3 Å². The first-order valence-corrected chi connectivity index (χ1v) is 33.7. The maximum atomic E-state index is 15.3. The molecule has 3 aliphatic rings. The lowest BCUT2D eigenvalue weighted by Crippen LogP contribution is -2.58. The highest BCUT2D eigenvalue weighted by Gasteiger charge is 2.44. The first-order valence-electron chi connectivity index (χ1n) is 33.7. The normalized spacial score (nSPS) is 21.7. The second kappa shape index (κ2) is 35.3. The van der Waals surface area contributed by atoms with E-state index in [0.29, 0.717) is 70.8 Å². The molecule has 99 heavy (non-hydrogen) atoms. The number of nitrogens with zero attached hydrogens (tertiary/aromatic N) is 5. The van der Waals surface area contributed by atoms with Crippen LogP contribution in [0.4, 0.5) is 11.4 Å². The van der Waals surface area contributed by atoms with Crippen molar-refractivity contribution in [2.45, 2.75) is 147 Å². The quantitative estimate of drug-likeness (QED) is 0.0651. The van der Waals surface area contributed by atoms with Crippen LogP contribution in [0.1, 0.15) is 132 Å². The number of nitrogens with one attached hydrogen (secondary N) is 4. The molecule has 8 rings (SSSR count). The van der Waals surface area contributed by atoms with Crippen molar-refractivity contribution in [3.63, 3.8) is 0 Å². The number of likely N-dealkylation sites (N-methyl/N-ethyl adjacent to an activating group) is 2. The van der Waals surface area contributed by atoms with Gasteiger partial charge in [-0.05, 0) is 148 Å². The van der Waals surface area contributed by atoms with Crippen molar-refractivity contribution in [3.8, 4) is 11.5 Å². The topological polar surface area (TPSA) is 299 Å². The van der Waals surface area contributed by atoms with E-state index < -0.39 is 101 Å². The molecular weight excluding hydrogens is 1270 g/mol. The smallest absolute Gasteiger partial charge is 0.330 e. The van der Waals surface area contributed by atoms with E-state index in [0.717, 1.165) is 5.56 Å². The monoisotopic (exact) mass is 1360 g/mol. The van der Waals surface area contributed by atoms with Crippen LogP contribution in [0, 0.1) is 11.3 Å². The number of Topliss-reactive ketones (excluding diaryl/α,β-unsaturated/α-hetero) is 1. The van der Waals surface area contributed by atoms with Crippen molar-refractivity contribution in [3.05, 3.63) is 162 Å². The molecule has 5 aromatic rings. The number of fused-ring (bicyclic) bond motifs is 4. The second-order valence-electron chi connectivity index (χ2n) is 26.4. The minimum absolute atomic E-state index is 0.0630. The van der Waals surface area contributed by atoms with E-state index in [-0.39, 0.29) is 95.2 Å². The summed E-state index contributed by atoms with van der Waals surface area (Å²) < 4.78 is 22.9. The van der Waals surface area contributed by atoms with Crippen LogP contribution >= 0.6 is 0 Å². The Balaban J connectivity index is 1.09. The number of ether oxygens (including phenoxy) is 4. The lowest BCUT2D eigenvalue weighted by atomic mass is 9.87. The Hall–Kier alpha value is -10.3. The fourth-order valence-corrected chi connectivity index (χ4v) is 12.4. The minimum atomic E-state index is -1.53. The number of hydrogen-bond donors (Lipinski definition) is 4. The van der Waals surface area contributed by atoms with Gasteiger partial charge in [0.2, 0.25) is 47.1 Å². The van der Waals surface area contributed by atoms with E-state index in [1.54, 1.807) is 123 Å². The number of hydrogen-bond acceptors (Lipinski definition) is 16. The third kappa shape index (κ3) is 20.6. The van der Waals surface area contributed by atoms with Crippen molar-refractivity contribution in [2.24, 2.45) is 11.3 Å². The third-order valence-corrected chi connectivity index (χ3v) is 17.9. The van der Waals surface area contributed by atoms with Crippen molar-refractivity contribution in [2.75, 3.05) is 65.2 Å². The second-order valence-corrected chi connectivity index (χ2v) is 26.4. The van der Waals surface area contributed by atoms with Gasteiger partial charge in [-0.25, -0.2) is 9.59 Å². The third-order valence-electron chi connectivity index (χ3n) is 17.9. The number of aromatic nitrogens is 1. The summed E-state index contributed by atoms with van der Waals surface area (Å²) in [6.07, 6.45) is 7.12. The van der Waals surface area contributed by atoms with Gasteiger partial charge in [-0.1, -0.05) is 86.7 Å². The number of ketones is 1. The Kier molecular flexibility index (Phi) is 26.6. The van der Waals surface area contributed by atoms with Gasteiger partial charge in [-0.2, -0.15) is 0 Å². The number of pyridine rings is 1. The first-order chi connectivity index (χ1) is 47.4. The highest BCUT2D eigenvalue weighted by molar-refractivity contribution is 6.38. The molecule has 24 nitrogen and oxygen atoms in total. The number of piperidine rings is 1. The van der Waals surface area contributed by atoms with Crippen molar-refractivity contribution >= 4 is 76.4 Å². The number of benzene rings is 4. The molecule has 2 bridgehead atoms. The minimum Gasteiger partial charge on any atom is -0.493 e. The molecule has 0 spiro atoms. The van der Waals surface area contributed by atoms with E-state index >= 15 is 4.79 Å². The van der Waals surface area contributed by atoms with Gasteiger partial charge in [-0.15, -0.1) is 0 Å². The predicted molar refractivity (Wildman–Crippen MR) is 368 cm³/mol. The summed E-state index contributed by atoms with van der Waals surface area (Å²) in [7, 11) is 6.14. The van der Waals surface area contributed by atoms with Gasteiger partial charge in [0.15, 0.2) is 11.5 Å². The molecule has 4 aromatic carbocycles. The number of carbonyl (C=O) groups excluding carboxylic acids is 11. The average Bonchev–Trinajstić information content (AvgIpc) is 1.75. The Morgan fingerprint density at radius 1 is 0.707 bits per heavy atom. The number of aryl methyl sites for hydroxylation is 1. The Morgan fingerprint density at radius 2 is 1.41 bits per heavy atom. The van der Waals surface area contributed by atoms with Crippen LogP contribution in [0.5, 0.6) is 11.5 Å². The molecule has 24 heteroatoms. The van der Waals surface area contributed by atoms with Gasteiger partial charge in [0.1, 0.15) is 42.9 Å². The average molecular weight is 1360 g/mol. The Morgan fingerprint density at radius 3 is 2.13 bits per heavy atom. The summed E-state index contributed by atoms with van der Waals surface area (Å²) in [5.74, 6) is -6.23. The van der Waals surface area contributed by atoms with Crippen LogP contribution in [-0.2, 0) is 81.5 Å². The molecular formula is C75H91N9O15. The molecule has 0 unspecified atom stereocenters. The van der Waals surface area contributed by atoms with Gasteiger partial charge in [0.05, 0.1) is 26.1 Å². The molecule has 4 heterocycles. The number of esters is 2. The predicted octanol–water partition coefficient (Wildman–Crippen LogP) is 7.60. The summed E-state index contributed by atoms with van der Waals surface area (Å²) in [5.41, 5.74) is 2.19. The summed E-state index contributed by atoms with van der Waals surface area (Å²) in [4.78, 5) is 166. The molecule has 4 N–H and O–H groups in total. The van der Waals surface area contributed by atoms with Crippen molar-refractivity contribution in [1.29, 1.82) is 0 Å². The first kappa shape index (κ1) is 74.5. The molecule has 526 valence electrons. The lowest BCUT2D eigenvalue weighted by molar-refractivity contribution is -0.165. The maximum absolute atomic E-state index is 15.3. The van der Waals surface area contributed by atoms with Crippen LogP contribution < -0.4 is 30.7 Å². The van der Waals surface area contributed by atoms with Crippen LogP contribution in [0.15, 0.2) is 134 Å². The van der Waals surface area contributed by atoms with Crippen LogP contribution in [-0.4, -0.2) is 168 Å². The summed E-state index contributed by atoms with van der Waals surface area (Å²) in [5, 5.41) is 11.4. The molecule has 0 aliphatic carbocycles. The van der Waals surface area contributed by atoms with Gasteiger partial charge < -0.3 is 59.8 Å². The van der Waals surface area contributed by atoms with E-state index in [9.17, 15) is 47.9 Å². The number of carbonyl (C=O) groups is 11. The van der Waals surface area contributed by atoms with Crippen molar-refractivity contribution in [1.82, 2.24) is 35.2 Å². The van der Waals surface area contributed by atoms with Crippen LogP contribution in [0.2, 0.25) is 0 Å². The largest absolute Gasteiger partial charge is 0.493 e. The molecule has 3 aliphatic heterocycles. The van der Waals surface area contributed by atoms with Crippen LogP contribution in [0.3, 0.4) is 0 Å². The zero-order valence-corrected chi connectivity index (χ0v) is 57.6. The summed E-state index contributed by atoms with van der Waals surface area (Å²) >= 11 is 0. The van der Waals surface area contributed by atoms with E-state index in [1.807, 2.05) is 19.9 Å². The number of rotatable bonds is 13. The Labute approximate surface area is 577 Å². The SMILES string of the molecule is COc1ccc(CC[C@H]2OC(=O)[C@@H]3CCCCN3C(=O)C(=O)C(C)(C)COC(=O)C=CCCN(C)C(=O)[C@H](CC(C)C)N(C)C(=O)[C@H]3CCCN3C(=O)[C@H](Cc3ccc(NC(=O)Cc4cccnc4)cc3)NC(=O)[C@H](c3ccccc3)NC(=O)CCC(=O)Nc3cccc2c3)cc1OC. The zero-order chi connectivity index (χ0) is 71.3. The molecule has 0 radical (unpaired) electrons. The number of anilines is 2. The summed E-state index contributed by atoms with van der Waals surface area (Å²) in [6.45, 7) is 6.64. The van der Waals surface area contributed by atoms with Gasteiger partial charge in [0, 0.05) is 82.8 Å². The van der Waals surface area contributed by atoms with Crippen molar-refractivity contribution < 1.29 is 71.7 Å². The summed E-state index contributed by atoms with van der Waals surface area (Å²) in [6, 6.07) is 24.8. The number of cyclic esters (lactones) is 2. The van der Waals surface area contributed by atoms with E-state index in [4.69, 9.17) is 18.9 Å². The molecule has 1 aromatic heterocycles. The molecule has 6 atom stereocenters. The van der Waals surface area contributed by atoms with Gasteiger partial charge >= 0.3 is 11.9 Å². The maximum Gasteiger partial charge on any atom is 0.330 e. The number of amides is 8. The van der Waals surface area contributed by atoms with Gasteiger partial charge in [0.25, 0.3) is 5.91 Å².